The lowest BCUT2D eigenvalue weighted by molar-refractivity contribution is 0.203. The smallest absolute Gasteiger partial charge is 0.413 e. The first kappa shape index (κ1) is 13.9. The summed E-state index contributed by atoms with van der Waals surface area (Å²) in [5.74, 6) is 0.0762. The normalized spacial score (nSPS) is 10.5. The van der Waals surface area contributed by atoms with E-state index >= 15 is 0 Å². The largest absolute Gasteiger partial charge is 0.465 e. The number of hydrogen-bond acceptors (Lipinski definition) is 3. The van der Waals surface area contributed by atoms with Gasteiger partial charge in [0.25, 0.3) is 0 Å². The number of hydrogen-bond donors (Lipinski definition) is 2. The molecule has 7 heteroatoms. The van der Waals surface area contributed by atoms with Gasteiger partial charge in [0.1, 0.15) is 0 Å². The Kier molecular flexibility index (Phi) is 3.88. The summed E-state index contributed by atoms with van der Waals surface area (Å²) in [6.45, 7) is 2.46. The third-order valence-electron chi connectivity index (χ3n) is 2.86. The monoisotopic (exact) mass is 276 g/mol. The minimum atomic E-state index is -1.18. The summed E-state index contributed by atoms with van der Waals surface area (Å²) < 4.78 is 1.28. The minimum absolute atomic E-state index is 0.0762. The molecular formula is C13H16N4O3. The van der Waals surface area contributed by atoms with Crippen molar-refractivity contribution >= 4 is 29.1 Å². The van der Waals surface area contributed by atoms with Gasteiger partial charge in [0.2, 0.25) is 5.95 Å². The van der Waals surface area contributed by atoms with Crippen molar-refractivity contribution in [1.82, 2.24) is 14.9 Å². The van der Waals surface area contributed by atoms with Gasteiger partial charge in [-0.15, -0.1) is 0 Å². The molecule has 0 aliphatic rings. The number of carbonyl (C=O) groups excluding carboxylic acids is 1. The Morgan fingerprint density at radius 1 is 1.40 bits per heavy atom. The second kappa shape index (κ2) is 5.60. The highest BCUT2D eigenvalue weighted by Crippen LogP contribution is 2.21. The van der Waals surface area contributed by atoms with Gasteiger partial charge in [-0.3, -0.25) is 0 Å². The molecule has 0 saturated carbocycles. The van der Waals surface area contributed by atoms with Gasteiger partial charge in [0.15, 0.2) is 0 Å². The number of nitrogens with one attached hydrogen (secondary N) is 1. The minimum Gasteiger partial charge on any atom is -0.465 e. The summed E-state index contributed by atoms with van der Waals surface area (Å²) >= 11 is 0. The zero-order chi connectivity index (χ0) is 14.7. The predicted octanol–water partition coefficient (Wildman–Crippen LogP) is 2.12. The molecule has 0 aliphatic heterocycles. The summed E-state index contributed by atoms with van der Waals surface area (Å²) in [6, 6.07) is 6.64. The second-order valence-electron chi connectivity index (χ2n) is 4.31. The highest BCUT2D eigenvalue weighted by atomic mass is 16.4. The lowest BCUT2D eigenvalue weighted by Gasteiger charge is -2.14. The van der Waals surface area contributed by atoms with Crippen molar-refractivity contribution in [1.29, 1.82) is 0 Å². The van der Waals surface area contributed by atoms with E-state index in [1.165, 1.54) is 11.6 Å². The predicted molar refractivity (Wildman–Crippen MR) is 75.2 cm³/mol. The molecule has 0 saturated heterocycles. The molecule has 2 N–H and O–H groups in total. The van der Waals surface area contributed by atoms with Crippen LogP contribution in [0, 0.1) is 0 Å². The van der Waals surface area contributed by atoms with E-state index in [0.717, 1.165) is 11.3 Å². The van der Waals surface area contributed by atoms with Gasteiger partial charge in [0, 0.05) is 13.6 Å². The van der Waals surface area contributed by atoms with Crippen molar-refractivity contribution in [3.63, 3.8) is 0 Å². The van der Waals surface area contributed by atoms with Crippen molar-refractivity contribution in [2.45, 2.75) is 13.3 Å². The molecule has 2 rings (SSSR count). The molecule has 0 aliphatic carbocycles. The summed E-state index contributed by atoms with van der Waals surface area (Å²) in [5.41, 5.74) is 1.14. The molecule has 106 valence electrons. The van der Waals surface area contributed by atoms with E-state index in [-0.39, 0.29) is 12.0 Å². The average molecular weight is 276 g/mol. The van der Waals surface area contributed by atoms with Crippen molar-refractivity contribution in [3.05, 3.63) is 24.3 Å². The van der Waals surface area contributed by atoms with Crippen LogP contribution < -0.4 is 10.2 Å². The van der Waals surface area contributed by atoms with Gasteiger partial charge in [0.05, 0.1) is 11.0 Å². The first-order chi connectivity index (χ1) is 9.56. The summed E-state index contributed by atoms with van der Waals surface area (Å²) in [7, 11) is 1.35. The Balaban J connectivity index is 2.55. The van der Waals surface area contributed by atoms with Crippen LogP contribution in [0.15, 0.2) is 24.3 Å². The number of carbonyl (C=O) groups is 2. The topological polar surface area (TPSA) is 87.5 Å². The highest BCUT2D eigenvalue weighted by molar-refractivity contribution is 5.96. The third-order valence-corrected chi connectivity index (χ3v) is 2.86. The Morgan fingerprint density at radius 3 is 2.75 bits per heavy atom. The first-order valence-corrected chi connectivity index (χ1v) is 6.28. The van der Waals surface area contributed by atoms with Crippen molar-refractivity contribution < 1.29 is 14.7 Å². The number of fused-ring (bicyclic) bond motifs is 1. The quantitative estimate of drug-likeness (QED) is 0.898. The molecule has 20 heavy (non-hydrogen) atoms. The van der Waals surface area contributed by atoms with Crippen LogP contribution in [-0.2, 0) is 0 Å². The van der Waals surface area contributed by atoms with Gasteiger partial charge >= 0.3 is 12.1 Å². The first-order valence-electron chi connectivity index (χ1n) is 6.28. The summed E-state index contributed by atoms with van der Waals surface area (Å²) in [6.07, 6.45) is -0.382. The fourth-order valence-corrected chi connectivity index (χ4v) is 1.84. The van der Waals surface area contributed by atoms with Crippen molar-refractivity contribution in [3.8, 4) is 0 Å². The van der Waals surface area contributed by atoms with Crippen molar-refractivity contribution in [2.75, 3.05) is 18.5 Å². The van der Waals surface area contributed by atoms with Gasteiger partial charge in [-0.2, -0.15) is 0 Å². The summed E-state index contributed by atoms with van der Waals surface area (Å²) in [4.78, 5) is 28.5. The molecular weight excluding hydrogens is 260 g/mol. The van der Waals surface area contributed by atoms with Crippen molar-refractivity contribution in [2.24, 2.45) is 0 Å². The van der Waals surface area contributed by atoms with Crippen LogP contribution >= 0.6 is 0 Å². The number of aromatic nitrogens is 2. The maximum absolute atomic E-state index is 12.2. The zero-order valence-corrected chi connectivity index (χ0v) is 11.3. The summed E-state index contributed by atoms with van der Waals surface area (Å²) in [5, 5.41) is 11.8. The van der Waals surface area contributed by atoms with Crippen LogP contribution in [0.4, 0.5) is 15.5 Å². The Bertz CT molecular complexity index is 650. The van der Waals surface area contributed by atoms with Gasteiger partial charge in [-0.05, 0) is 18.6 Å². The molecule has 1 aromatic carbocycles. The highest BCUT2D eigenvalue weighted by Gasteiger charge is 2.22. The molecule has 1 heterocycles. The molecule has 2 aromatic rings. The molecule has 0 unspecified atom stereocenters. The number of imidazole rings is 1. The van der Waals surface area contributed by atoms with Crippen LogP contribution in [0.3, 0.4) is 0 Å². The van der Waals surface area contributed by atoms with E-state index in [4.69, 9.17) is 5.11 Å². The number of amides is 2. The fourth-order valence-electron chi connectivity index (χ4n) is 1.84. The standard InChI is InChI=1S/C13H16N4O3/c1-3-8-14-12(18)17-10-7-5-4-6-9(10)15-11(17)16(2)13(19)20/h4-7H,3,8H2,1-2H3,(H,14,18)(H,19,20). The van der Waals surface area contributed by atoms with Crippen LogP contribution in [-0.4, -0.2) is 40.4 Å². The van der Waals surface area contributed by atoms with Gasteiger partial charge in [-0.1, -0.05) is 19.1 Å². The Morgan fingerprint density at radius 2 is 2.10 bits per heavy atom. The molecule has 0 bridgehead atoms. The molecule has 1 aromatic heterocycles. The molecule has 0 atom stereocenters. The SMILES string of the molecule is CCCNC(=O)n1c(N(C)C(=O)O)nc2ccccc21. The number of para-hydroxylation sites is 2. The molecule has 0 radical (unpaired) electrons. The molecule has 0 spiro atoms. The molecule has 0 fully saturated rings. The lowest BCUT2D eigenvalue weighted by Crippen LogP contribution is -2.34. The van der Waals surface area contributed by atoms with Gasteiger partial charge < -0.3 is 10.4 Å². The van der Waals surface area contributed by atoms with E-state index in [1.54, 1.807) is 24.3 Å². The van der Waals surface area contributed by atoms with Crippen LogP contribution in [0.25, 0.3) is 11.0 Å². The van der Waals surface area contributed by atoms with E-state index in [2.05, 4.69) is 10.3 Å². The third kappa shape index (κ3) is 2.42. The molecule has 2 amide bonds. The second-order valence-corrected chi connectivity index (χ2v) is 4.31. The number of carboxylic acid groups (broad SMARTS) is 1. The van der Waals surface area contributed by atoms with Gasteiger partial charge in [-0.25, -0.2) is 24.0 Å². The van der Waals surface area contributed by atoms with Crippen LogP contribution in [0.2, 0.25) is 0 Å². The van der Waals surface area contributed by atoms with E-state index in [0.29, 0.717) is 17.6 Å². The fraction of sp³-hybridized carbons (Fsp3) is 0.308. The number of benzene rings is 1. The molecule has 7 nitrogen and oxygen atoms in total. The average Bonchev–Trinajstić information content (AvgIpc) is 2.83. The zero-order valence-electron chi connectivity index (χ0n) is 11.3. The maximum atomic E-state index is 12.2. The van der Waals surface area contributed by atoms with E-state index < -0.39 is 6.09 Å². The van der Waals surface area contributed by atoms with Crippen LogP contribution in [0.5, 0.6) is 0 Å². The lowest BCUT2D eigenvalue weighted by atomic mass is 10.3. The Labute approximate surface area is 115 Å². The number of nitrogens with zero attached hydrogens (tertiary/aromatic N) is 3. The van der Waals surface area contributed by atoms with Crippen LogP contribution in [0.1, 0.15) is 13.3 Å². The number of anilines is 1. The maximum Gasteiger partial charge on any atom is 0.413 e. The van der Waals surface area contributed by atoms with E-state index in [9.17, 15) is 9.59 Å². The number of rotatable bonds is 3. The van der Waals surface area contributed by atoms with E-state index in [1.807, 2.05) is 6.92 Å². The Hall–Kier alpha value is -2.57.